The van der Waals surface area contributed by atoms with Crippen molar-refractivity contribution in [3.63, 3.8) is 0 Å². The van der Waals surface area contributed by atoms with E-state index in [0.29, 0.717) is 6.61 Å². The van der Waals surface area contributed by atoms with Gasteiger partial charge in [-0.15, -0.1) is 11.3 Å². The summed E-state index contributed by atoms with van der Waals surface area (Å²) in [6.45, 7) is 4.28. The number of aromatic nitrogens is 4. The van der Waals surface area contributed by atoms with Gasteiger partial charge in [-0.1, -0.05) is 28.9 Å². The van der Waals surface area contributed by atoms with Gasteiger partial charge < -0.3 is 9.64 Å². The lowest BCUT2D eigenvalue weighted by atomic mass is 10.2. The van der Waals surface area contributed by atoms with Gasteiger partial charge in [0.1, 0.15) is 6.10 Å². The lowest BCUT2D eigenvalue weighted by Gasteiger charge is -2.32. The van der Waals surface area contributed by atoms with E-state index in [1.165, 1.54) is 10.4 Å². The first kappa shape index (κ1) is 14.3. The Morgan fingerprint density at radius 2 is 2.09 bits per heavy atom. The molecule has 118 valence electrons. The molecule has 2 aromatic heterocycles. The van der Waals surface area contributed by atoms with Crippen LogP contribution in [0.1, 0.15) is 16.5 Å². The van der Waals surface area contributed by atoms with E-state index in [9.17, 15) is 0 Å². The van der Waals surface area contributed by atoms with Crippen molar-refractivity contribution < 1.29 is 4.74 Å². The molecular formula is C16H17N5OS. The molecule has 1 saturated heterocycles. The topological polar surface area (TPSA) is 56.1 Å². The molecule has 1 atom stereocenters. The zero-order valence-corrected chi connectivity index (χ0v) is 13.6. The Bertz CT molecular complexity index is 768. The molecule has 0 radical (unpaired) electrons. The summed E-state index contributed by atoms with van der Waals surface area (Å²) in [7, 11) is 0. The Morgan fingerprint density at radius 3 is 2.87 bits per heavy atom. The lowest BCUT2D eigenvalue weighted by molar-refractivity contribution is 0.0414. The number of benzene rings is 1. The Hall–Kier alpha value is -2.25. The maximum atomic E-state index is 5.90. The Balaban J connectivity index is 1.61. The molecule has 1 unspecified atom stereocenters. The minimum atomic E-state index is 0.0758. The number of nitrogens with zero attached hydrogens (tertiary/aromatic N) is 5. The molecule has 0 spiro atoms. The van der Waals surface area contributed by atoms with Crippen molar-refractivity contribution in [2.75, 3.05) is 24.6 Å². The summed E-state index contributed by atoms with van der Waals surface area (Å²) in [6, 6.07) is 12.4. The highest BCUT2D eigenvalue weighted by Gasteiger charge is 2.26. The molecule has 0 bridgehead atoms. The summed E-state index contributed by atoms with van der Waals surface area (Å²) in [6.07, 6.45) is 0.0758. The Labute approximate surface area is 138 Å². The quantitative estimate of drug-likeness (QED) is 0.740. The van der Waals surface area contributed by atoms with Gasteiger partial charge in [0, 0.05) is 11.4 Å². The summed E-state index contributed by atoms with van der Waals surface area (Å²) in [5, 5.41) is 14.3. The van der Waals surface area contributed by atoms with E-state index < -0.39 is 0 Å². The van der Waals surface area contributed by atoms with E-state index in [0.717, 1.165) is 24.7 Å². The maximum absolute atomic E-state index is 5.90. The van der Waals surface area contributed by atoms with Crippen LogP contribution in [-0.4, -0.2) is 39.9 Å². The van der Waals surface area contributed by atoms with Crippen LogP contribution in [-0.2, 0) is 4.74 Å². The molecule has 23 heavy (non-hydrogen) atoms. The molecule has 1 fully saturated rings. The van der Waals surface area contributed by atoms with Crippen LogP contribution < -0.4 is 4.90 Å². The van der Waals surface area contributed by atoms with Gasteiger partial charge in [0.25, 0.3) is 5.95 Å². The van der Waals surface area contributed by atoms with E-state index in [1.807, 2.05) is 12.1 Å². The van der Waals surface area contributed by atoms with Crippen molar-refractivity contribution in [3.8, 4) is 5.69 Å². The molecule has 1 aliphatic rings. The third-order valence-electron chi connectivity index (χ3n) is 3.94. The third-order valence-corrected chi connectivity index (χ3v) is 4.91. The highest BCUT2D eigenvalue weighted by molar-refractivity contribution is 7.10. The third kappa shape index (κ3) is 2.85. The van der Waals surface area contributed by atoms with Gasteiger partial charge in [-0.05, 0) is 40.9 Å². The largest absolute Gasteiger partial charge is 0.369 e. The fraction of sp³-hybridized carbons (Fsp3) is 0.312. The van der Waals surface area contributed by atoms with Crippen LogP contribution in [0, 0.1) is 6.92 Å². The molecule has 4 rings (SSSR count). The molecule has 1 aliphatic heterocycles. The number of hydrogen-bond donors (Lipinski definition) is 0. The second kappa shape index (κ2) is 6.10. The zero-order chi connectivity index (χ0) is 15.6. The fourth-order valence-electron chi connectivity index (χ4n) is 2.71. The Kier molecular flexibility index (Phi) is 3.80. The highest BCUT2D eigenvalue weighted by Crippen LogP contribution is 2.28. The predicted molar refractivity (Wildman–Crippen MR) is 89.1 cm³/mol. The van der Waals surface area contributed by atoms with Gasteiger partial charge in [-0.2, -0.15) is 4.68 Å². The van der Waals surface area contributed by atoms with E-state index in [4.69, 9.17) is 4.74 Å². The van der Waals surface area contributed by atoms with Gasteiger partial charge in [-0.25, -0.2) is 0 Å². The summed E-state index contributed by atoms with van der Waals surface area (Å²) in [5.74, 6) is 0.763. The average molecular weight is 327 g/mol. The number of tetrazole rings is 1. The SMILES string of the molecule is Cc1ccc(-n2nnnc2N2CCOC(c3cccs3)C2)cc1. The van der Waals surface area contributed by atoms with Crippen LogP contribution in [0.3, 0.4) is 0 Å². The normalized spacial score (nSPS) is 18.3. The molecule has 1 aromatic carbocycles. The number of aryl methyl sites for hydroxylation is 1. The summed E-state index contributed by atoms with van der Waals surface area (Å²) >= 11 is 1.72. The molecule has 0 aliphatic carbocycles. The van der Waals surface area contributed by atoms with Gasteiger partial charge in [-0.3, -0.25) is 0 Å². The van der Waals surface area contributed by atoms with Crippen molar-refractivity contribution in [2.24, 2.45) is 0 Å². The van der Waals surface area contributed by atoms with Crippen molar-refractivity contribution in [2.45, 2.75) is 13.0 Å². The van der Waals surface area contributed by atoms with Crippen LogP contribution in [0.25, 0.3) is 5.69 Å². The summed E-state index contributed by atoms with van der Waals surface area (Å²) < 4.78 is 7.69. The van der Waals surface area contributed by atoms with Gasteiger partial charge in [0.2, 0.25) is 0 Å². The predicted octanol–water partition coefficient (Wildman–Crippen LogP) is 2.61. The monoisotopic (exact) mass is 327 g/mol. The van der Waals surface area contributed by atoms with Crippen molar-refractivity contribution in [3.05, 3.63) is 52.2 Å². The minimum Gasteiger partial charge on any atom is -0.369 e. The van der Waals surface area contributed by atoms with Crippen LogP contribution in [0.5, 0.6) is 0 Å². The first-order valence-corrected chi connectivity index (χ1v) is 8.44. The lowest BCUT2D eigenvalue weighted by Crippen LogP contribution is -2.39. The first-order valence-electron chi connectivity index (χ1n) is 7.56. The maximum Gasteiger partial charge on any atom is 0.250 e. The molecule has 6 nitrogen and oxygen atoms in total. The fourth-order valence-corrected chi connectivity index (χ4v) is 3.48. The molecule has 3 aromatic rings. The van der Waals surface area contributed by atoms with Crippen molar-refractivity contribution >= 4 is 17.3 Å². The van der Waals surface area contributed by atoms with Gasteiger partial charge >= 0.3 is 0 Å². The second-order valence-electron chi connectivity index (χ2n) is 5.55. The van der Waals surface area contributed by atoms with Crippen molar-refractivity contribution in [1.29, 1.82) is 0 Å². The molecular weight excluding hydrogens is 310 g/mol. The summed E-state index contributed by atoms with van der Waals surface area (Å²) in [4.78, 5) is 3.43. The van der Waals surface area contributed by atoms with Crippen LogP contribution in [0.4, 0.5) is 5.95 Å². The average Bonchev–Trinajstić information content (AvgIpc) is 3.27. The minimum absolute atomic E-state index is 0.0758. The zero-order valence-electron chi connectivity index (χ0n) is 12.8. The van der Waals surface area contributed by atoms with E-state index in [2.05, 4.69) is 57.0 Å². The molecule has 0 amide bonds. The van der Waals surface area contributed by atoms with E-state index >= 15 is 0 Å². The van der Waals surface area contributed by atoms with Gasteiger partial charge in [0.15, 0.2) is 0 Å². The first-order chi connectivity index (χ1) is 11.3. The molecule has 0 N–H and O–H groups in total. The molecule has 3 heterocycles. The summed E-state index contributed by atoms with van der Waals surface area (Å²) in [5.41, 5.74) is 2.18. The van der Waals surface area contributed by atoms with E-state index in [-0.39, 0.29) is 6.10 Å². The van der Waals surface area contributed by atoms with Crippen molar-refractivity contribution in [1.82, 2.24) is 20.2 Å². The standard InChI is InChI=1S/C16H17N5OS/c1-12-4-6-13(7-5-12)21-16(17-18-19-21)20-8-9-22-14(11-20)15-3-2-10-23-15/h2-7,10,14H,8-9,11H2,1H3. The van der Waals surface area contributed by atoms with Crippen LogP contribution in [0.2, 0.25) is 0 Å². The van der Waals surface area contributed by atoms with Gasteiger partial charge in [0.05, 0.1) is 18.8 Å². The number of rotatable bonds is 3. The smallest absolute Gasteiger partial charge is 0.250 e. The highest BCUT2D eigenvalue weighted by atomic mass is 32.1. The number of hydrogen-bond acceptors (Lipinski definition) is 6. The number of morpholine rings is 1. The number of thiophene rings is 1. The molecule has 7 heteroatoms. The van der Waals surface area contributed by atoms with Crippen LogP contribution >= 0.6 is 11.3 Å². The molecule has 0 saturated carbocycles. The second-order valence-corrected chi connectivity index (χ2v) is 6.53. The number of anilines is 1. The van der Waals surface area contributed by atoms with Crippen LogP contribution in [0.15, 0.2) is 41.8 Å². The number of ether oxygens (including phenoxy) is 1. The van der Waals surface area contributed by atoms with E-state index in [1.54, 1.807) is 16.0 Å². The Morgan fingerprint density at radius 1 is 1.22 bits per heavy atom.